The molecule has 172 valence electrons. The SMILES string of the molecule is Cc1cccc(C)c1NC(=O)COC(=O)c1cccc(N2C(=O)[C@@H]3CC[C@H](C)C[C@H]3C2=O)c1. The zero-order valence-corrected chi connectivity index (χ0v) is 19.1. The molecular formula is C26H28N2O5. The van der Waals surface area contributed by atoms with E-state index < -0.39 is 18.5 Å². The third-order valence-electron chi connectivity index (χ3n) is 6.61. The van der Waals surface area contributed by atoms with Gasteiger partial charge in [-0.05, 0) is 68.4 Å². The number of hydrogen-bond acceptors (Lipinski definition) is 5. The predicted molar refractivity (Wildman–Crippen MR) is 124 cm³/mol. The first kappa shape index (κ1) is 22.7. The van der Waals surface area contributed by atoms with Crippen LogP contribution < -0.4 is 10.2 Å². The number of imide groups is 1. The van der Waals surface area contributed by atoms with Gasteiger partial charge in [-0.15, -0.1) is 0 Å². The molecule has 3 amide bonds. The van der Waals surface area contributed by atoms with Crippen LogP contribution in [0.3, 0.4) is 0 Å². The number of amides is 3. The number of hydrogen-bond donors (Lipinski definition) is 1. The van der Waals surface area contributed by atoms with Gasteiger partial charge in [0.25, 0.3) is 5.91 Å². The van der Waals surface area contributed by atoms with Crippen molar-refractivity contribution >= 4 is 35.1 Å². The lowest BCUT2D eigenvalue weighted by Gasteiger charge is -2.25. The minimum absolute atomic E-state index is 0.177. The molecule has 0 radical (unpaired) electrons. The van der Waals surface area contributed by atoms with Crippen LogP contribution in [-0.4, -0.2) is 30.3 Å². The second-order valence-electron chi connectivity index (χ2n) is 9.08. The number of para-hydroxylation sites is 1. The molecule has 1 saturated carbocycles. The highest BCUT2D eigenvalue weighted by atomic mass is 16.5. The summed E-state index contributed by atoms with van der Waals surface area (Å²) in [5.74, 6) is -1.69. The Morgan fingerprint density at radius 1 is 1.00 bits per heavy atom. The number of aryl methyl sites for hydroxylation is 2. The molecule has 0 unspecified atom stereocenters. The normalized spacial score (nSPS) is 22.2. The number of rotatable bonds is 5. The molecule has 2 aliphatic rings. The van der Waals surface area contributed by atoms with Crippen LogP contribution in [-0.2, 0) is 19.1 Å². The van der Waals surface area contributed by atoms with Gasteiger partial charge < -0.3 is 10.1 Å². The van der Waals surface area contributed by atoms with E-state index in [0.717, 1.165) is 17.5 Å². The second-order valence-corrected chi connectivity index (χ2v) is 9.08. The first-order valence-corrected chi connectivity index (χ1v) is 11.3. The second kappa shape index (κ2) is 9.17. The van der Waals surface area contributed by atoms with Crippen molar-refractivity contribution in [3.05, 3.63) is 59.2 Å². The Kier molecular flexibility index (Phi) is 6.31. The fourth-order valence-electron chi connectivity index (χ4n) is 4.82. The Morgan fingerprint density at radius 3 is 2.39 bits per heavy atom. The third-order valence-corrected chi connectivity index (χ3v) is 6.61. The summed E-state index contributed by atoms with van der Waals surface area (Å²) in [7, 11) is 0. The fraction of sp³-hybridized carbons (Fsp3) is 0.385. The molecule has 1 N–H and O–H groups in total. The number of anilines is 2. The van der Waals surface area contributed by atoms with E-state index in [0.29, 0.717) is 30.1 Å². The van der Waals surface area contributed by atoms with Gasteiger partial charge in [0.2, 0.25) is 11.8 Å². The van der Waals surface area contributed by atoms with E-state index >= 15 is 0 Å². The molecule has 4 rings (SSSR count). The van der Waals surface area contributed by atoms with Crippen LogP contribution in [0.2, 0.25) is 0 Å². The molecule has 0 spiro atoms. The molecule has 0 aromatic heterocycles. The van der Waals surface area contributed by atoms with Gasteiger partial charge in [0.1, 0.15) is 0 Å². The van der Waals surface area contributed by atoms with Gasteiger partial charge in [0.15, 0.2) is 6.61 Å². The van der Waals surface area contributed by atoms with Gasteiger partial charge in [0, 0.05) is 5.69 Å². The minimum Gasteiger partial charge on any atom is -0.452 e. The topological polar surface area (TPSA) is 92.8 Å². The van der Waals surface area contributed by atoms with Crippen molar-refractivity contribution in [1.29, 1.82) is 0 Å². The molecule has 2 aromatic carbocycles. The highest BCUT2D eigenvalue weighted by Gasteiger charge is 2.50. The number of fused-ring (bicyclic) bond motifs is 1. The molecule has 3 atom stereocenters. The third kappa shape index (κ3) is 4.53. The van der Waals surface area contributed by atoms with Crippen LogP contribution in [0.1, 0.15) is 47.7 Å². The summed E-state index contributed by atoms with van der Waals surface area (Å²) < 4.78 is 5.18. The molecule has 2 fully saturated rings. The largest absolute Gasteiger partial charge is 0.452 e. The quantitative estimate of drug-likeness (QED) is 0.551. The summed E-state index contributed by atoms with van der Waals surface area (Å²) in [4.78, 5) is 51.9. The van der Waals surface area contributed by atoms with Crippen molar-refractivity contribution in [2.45, 2.75) is 40.0 Å². The Morgan fingerprint density at radius 2 is 1.67 bits per heavy atom. The number of ether oxygens (including phenoxy) is 1. The van der Waals surface area contributed by atoms with E-state index in [9.17, 15) is 19.2 Å². The summed E-state index contributed by atoms with van der Waals surface area (Å²) in [6, 6.07) is 11.9. The van der Waals surface area contributed by atoms with Gasteiger partial charge in [-0.25, -0.2) is 4.79 Å². The van der Waals surface area contributed by atoms with Crippen LogP contribution in [0.15, 0.2) is 42.5 Å². The average Bonchev–Trinajstić information content (AvgIpc) is 3.04. The van der Waals surface area contributed by atoms with Gasteiger partial charge in [-0.3, -0.25) is 19.3 Å². The highest BCUT2D eigenvalue weighted by molar-refractivity contribution is 6.22. The van der Waals surface area contributed by atoms with Gasteiger partial charge in [-0.2, -0.15) is 0 Å². The van der Waals surface area contributed by atoms with Crippen LogP contribution in [0, 0.1) is 31.6 Å². The Balaban J connectivity index is 1.42. The van der Waals surface area contributed by atoms with Crippen molar-refractivity contribution in [2.24, 2.45) is 17.8 Å². The Labute approximate surface area is 193 Å². The summed E-state index contributed by atoms with van der Waals surface area (Å²) in [5, 5.41) is 2.77. The number of benzene rings is 2. The Hall–Kier alpha value is -3.48. The van der Waals surface area contributed by atoms with E-state index in [4.69, 9.17) is 4.74 Å². The van der Waals surface area contributed by atoms with Gasteiger partial charge >= 0.3 is 5.97 Å². The van der Waals surface area contributed by atoms with Gasteiger partial charge in [-0.1, -0.05) is 31.2 Å². The van der Waals surface area contributed by atoms with E-state index in [1.807, 2.05) is 32.0 Å². The van der Waals surface area contributed by atoms with Crippen molar-refractivity contribution in [3.8, 4) is 0 Å². The maximum absolute atomic E-state index is 13.0. The lowest BCUT2D eigenvalue weighted by molar-refractivity contribution is -0.122. The zero-order valence-electron chi connectivity index (χ0n) is 19.1. The molecule has 0 bridgehead atoms. The summed E-state index contributed by atoms with van der Waals surface area (Å²) in [6.07, 6.45) is 2.36. The van der Waals surface area contributed by atoms with E-state index in [2.05, 4.69) is 12.2 Å². The number of nitrogens with one attached hydrogen (secondary N) is 1. The number of carbonyl (C=O) groups excluding carboxylic acids is 4. The molecular weight excluding hydrogens is 420 g/mol. The van der Waals surface area contributed by atoms with Crippen LogP contribution in [0.25, 0.3) is 0 Å². The van der Waals surface area contributed by atoms with Gasteiger partial charge in [0.05, 0.1) is 23.1 Å². The molecule has 33 heavy (non-hydrogen) atoms. The average molecular weight is 449 g/mol. The number of nitrogens with zero attached hydrogens (tertiary/aromatic N) is 1. The first-order valence-electron chi connectivity index (χ1n) is 11.3. The molecule has 1 saturated heterocycles. The predicted octanol–water partition coefficient (Wildman–Crippen LogP) is 4.02. The Bertz CT molecular complexity index is 1110. The number of esters is 1. The van der Waals surface area contributed by atoms with Crippen LogP contribution in [0.4, 0.5) is 11.4 Å². The molecule has 1 aliphatic heterocycles. The zero-order chi connectivity index (χ0) is 23.7. The molecule has 1 aliphatic carbocycles. The summed E-state index contributed by atoms with van der Waals surface area (Å²) in [5.41, 5.74) is 3.06. The first-order chi connectivity index (χ1) is 15.8. The lowest BCUT2D eigenvalue weighted by Crippen LogP contribution is -2.31. The molecule has 1 heterocycles. The van der Waals surface area contributed by atoms with Crippen molar-refractivity contribution < 1.29 is 23.9 Å². The number of carbonyl (C=O) groups is 4. The molecule has 7 nitrogen and oxygen atoms in total. The highest BCUT2D eigenvalue weighted by Crippen LogP contribution is 2.42. The smallest absolute Gasteiger partial charge is 0.338 e. The molecule has 2 aromatic rings. The van der Waals surface area contributed by atoms with Crippen LogP contribution >= 0.6 is 0 Å². The molecule has 7 heteroatoms. The van der Waals surface area contributed by atoms with E-state index in [1.54, 1.807) is 12.1 Å². The maximum atomic E-state index is 13.0. The lowest BCUT2D eigenvalue weighted by atomic mass is 9.76. The van der Waals surface area contributed by atoms with E-state index in [1.165, 1.54) is 17.0 Å². The fourth-order valence-corrected chi connectivity index (χ4v) is 4.82. The van der Waals surface area contributed by atoms with Crippen molar-refractivity contribution in [2.75, 3.05) is 16.8 Å². The summed E-state index contributed by atoms with van der Waals surface area (Å²) in [6.45, 7) is 5.43. The maximum Gasteiger partial charge on any atom is 0.338 e. The monoisotopic (exact) mass is 448 g/mol. The minimum atomic E-state index is -0.696. The summed E-state index contributed by atoms with van der Waals surface area (Å²) >= 11 is 0. The van der Waals surface area contributed by atoms with Crippen molar-refractivity contribution in [1.82, 2.24) is 0 Å². The van der Waals surface area contributed by atoms with Crippen molar-refractivity contribution in [3.63, 3.8) is 0 Å². The van der Waals surface area contributed by atoms with E-state index in [-0.39, 0.29) is 29.2 Å². The standard InChI is InChI=1S/C26H28N2O5/c1-15-10-11-20-21(12-15)25(31)28(24(20)30)19-9-5-8-18(13-19)26(32)33-14-22(29)27-23-16(2)6-4-7-17(23)3/h4-9,13,15,20-21H,10-12,14H2,1-3H3,(H,27,29)/t15-,20+,21+/m0/s1. The van der Waals surface area contributed by atoms with Crippen LogP contribution in [0.5, 0.6) is 0 Å².